The molecule has 0 amide bonds. The number of carbonyl (C=O) groups excluding carboxylic acids is 1. The van der Waals surface area contributed by atoms with E-state index in [0.717, 1.165) is 5.56 Å². The van der Waals surface area contributed by atoms with Crippen LogP contribution in [0.15, 0.2) is 90.3 Å². The van der Waals surface area contributed by atoms with E-state index in [1.54, 1.807) is 48.5 Å². The van der Waals surface area contributed by atoms with Gasteiger partial charge in [0.15, 0.2) is 11.5 Å². The zero-order valence-electron chi connectivity index (χ0n) is 22.4. The van der Waals surface area contributed by atoms with Gasteiger partial charge in [-0.05, 0) is 48.0 Å². The highest BCUT2D eigenvalue weighted by Gasteiger charge is 2.32. The first kappa shape index (κ1) is 29.3. The van der Waals surface area contributed by atoms with Crippen LogP contribution in [0.2, 0.25) is 10.0 Å². The van der Waals surface area contributed by atoms with Gasteiger partial charge in [0.25, 0.3) is 5.69 Å². The van der Waals surface area contributed by atoms with E-state index in [9.17, 15) is 20.2 Å². The molecule has 1 heterocycles. The van der Waals surface area contributed by atoms with Gasteiger partial charge < -0.3 is 24.7 Å². The number of nitrogens with two attached hydrogens (primary N) is 1. The second-order valence-corrected chi connectivity index (χ2v) is 10.1. The quantitative estimate of drug-likeness (QED) is 0.0961. The number of carbonyl (C=O) groups is 1. The lowest BCUT2D eigenvalue weighted by molar-refractivity contribution is -0.384. The van der Waals surface area contributed by atoms with Gasteiger partial charge in [0, 0.05) is 39.4 Å². The Morgan fingerprint density at radius 1 is 1.05 bits per heavy atom. The van der Waals surface area contributed by atoms with Crippen LogP contribution in [0.4, 0.5) is 5.69 Å². The number of nitro benzene ring substituents is 1. The van der Waals surface area contributed by atoms with Crippen LogP contribution in [-0.4, -0.2) is 18.0 Å². The fourth-order valence-electron chi connectivity index (χ4n) is 4.50. The number of hydrogen-bond donors (Lipinski definition) is 1. The Hall–Kier alpha value is -5.24. The number of halogens is 2. The number of fused-ring (bicyclic) bond motifs is 1. The van der Waals surface area contributed by atoms with Gasteiger partial charge in [0.1, 0.15) is 29.7 Å². The number of benzene rings is 4. The molecule has 0 aromatic heterocycles. The van der Waals surface area contributed by atoms with Gasteiger partial charge in [-0.1, -0.05) is 41.4 Å². The van der Waals surface area contributed by atoms with Crippen LogP contribution < -0.4 is 24.7 Å². The molecule has 4 aromatic carbocycles. The molecular weight excluding hydrogens is 597 g/mol. The first-order chi connectivity index (χ1) is 20.7. The molecule has 1 unspecified atom stereocenters. The molecule has 5 rings (SSSR count). The van der Waals surface area contributed by atoms with Crippen molar-refractivity contribution < 1.29 is 28.7 Å². The molecule has 0 saturated carbocycles. The van der Waals surface area contributed by atoms with Crippen LogP contribution in [0.5, 0.6) is 23.0 Å². The molecule has 1 aliphatic heterocycles. The maximum atomic E-state index is 12.6. The summed E-state index contributed by atoms with van der Waals surface area (Å²) in [7, 11) is 1.50. The number of nitro groups is 1. The fraction of sp³-hybridized carbons (Fsp3) is 0.0968. The van der Waals surface area contributed by atoms with Crippen LogP contribution in [0, 0.1) is 21.4 Å². The van der Waals surface area contributed by atoms with Crippen molar-refractivity contribution >= 4 is 34.9 Å². The Kier molecular flexibility index (Phi) is 8.39. The van der Waals surface area contributed by atoms with Gasteiger partial charge in [-0.15, -0.1) is 0 Å². The van der Waals surface area contributed by atoms with Crippen molar-refractivity contribution in [1.29, 1.82) is 5.26 Å². The highest BCUT2D eigenvalue weighted by Crippen LogP contribution is 2.45. The number of nitriles is 1. The highest BCUT2D eigenvalue weighted by molar-refractivity contribution is 6.35. The molecule has 43 heavy (non-hydrogen) atoms. The molecule has 1 atom stereocenters. The third-order valence-corrected chi connectivity index (χ3v) is 7.22. The Morgan fingerprint density at radius 3 is 2.49 bits per heavy atom. The topological polar surface area (TPSA) is 147 Å². The SMILES string of the molecule is COc1cc(C2C(C#N)=C(N)Oc3cc(OC(=O)c4ccc([N+](=O)[O-])cc4)ccc32)ccc1OCc1ccc(Cl)cc1Cl. The number of non-ortho nitro benzene ring substituents is 1. The zero-order chi connectivity index (χ0) is 30.7. The van der Waals surface area contributed by atoms with Crippen molar-refractivity contribution in [3.8, 4) is 29.1 Å². The van der Waals surface area contributed by atoms with Gasteiger partial charge in [-0.25, -0.2) is 4.79 Å². The predicted octanol–water partition coefficient (Wildman–Crippen LogP) is 6.93. The Balaban J connectivity index is 1.41. The Morgan fingerprint density at radius 2 is 1.81 bits per heavy atom. The molecule has 10 nitrogen and oxygen atoms in total. The number of esters is 1. The molecule has 0 aliphatic carbocycles. The molecule has 0 fully saturated rings. The van der Waals surface area contributed by atoms with E-state index in [4.69, 9.17) is 47.9 Å². The first-order valence-electron chi connectivity index (χ1n) is 12.6. The van der Waals surface area contributed by atoms with Gasteiger partial charge in [0.2, 0.25) is 5.88 Å². The predicted molar refractivity (Wildman–Crippen MR) is 158 cm³/mol. The summed E-state index contributed by atoms with van der Waals surface area (Å²) < 4.78 is 22.8. The van der Waals surface area contributed by atoms with Crippen LogP contribution >= 0.6 is 23.2 Å². The molecule has 4 aromatic rings. The normalized spacial score (nSPS) is 13.8. The van der Waals surface area contributed by atoms with E-state index in [1.807, 2.05) is 0 Å². The van der Waals surface area contributed by atoms with E-state index in [0.29, 0.717) is 32.7 Å². The Labute approximate surface area is 255 Å². The standard InChI is InChI=1S/C31H21Cl2N3O7/c1-40-28-12-18(5-11-26(28)41-16-19-2-6-20(32)13-25(19)33)29-23-10-9-22(14-27(23)43-30(35)24(29)15-34)42-31(37)17-3-7-21(8-4-17)36(38)39/h2-14,29H,16,35H2,1H3. The van der Waals surface area contributed by atoms with Crippen molar-refractivity contribution in [2.45, 2.75) is 12.5 Å². The molecule has 0 bridgehead atoms. The summed E-state index contributed by atoms with van der Waals surface area (Å²) in [4.78, 5) is 23.0. The van der Waals surface area contributed by atoms with E-state index in [-0.39, 0.29) is 40.8 Å². The van der Waals surface area contributed by atoms with Crippen LogP contribution in [0.1, 0.15) is 33.0 Å². The van der Waals surface area contributed by atoms with E-state index in [2.05, 4.69) is 6.07 Å². The van der Waals surface area contributed by atoms with Crippen molar-refractivity contribution in [3.63, 3.8) is 0 Å². The molecular formula is C31H21Cl2N3O7. The number of ether oxygens (including phenoxy) is 4. The van der Waals surface area contributed by atoms with E-state index >= 15 is 0 Å². The fourth-order valence-corrected chi connectivity index (χ4v) is 4.97. The molecule has 0 radical (unpaired) electrons. The summed E-state index contributed by atoms with van der Waals surface area (Å²) in [6.45, 7) is 0.170. The number of methoxy groups -OCH3 is 1. The van der Waals surface area contributed by atoms with Crippen molar-refractivity contribution in [2.24, 2.45) is 5.73 Å². The molecule has 0 spiro atoms. The third-order valence-electron chi connectivity index (χ3n) is 6.63. The average Bonchev–Trinajstić information content (AvgIpc) is 3.00. The summed E-state index contributed by atoms with van der Waals surface area (Å²) in [5.41, 5.74) is 8.32. The second kappa shape index (κ2) is 12.3. The minimum atomic E-state index is -0.719. The second-order valence-electron chi connectivity index (χ2n) is 9.25. The van der Waals surface area contributed by atoms with Crippen molar-refractivity contribution in [1.82, 2.24) is 0 Å². The summed E-state index contributed by atoms with van der Waals surface area (Å²) in [5.74, 6) is -0.141. The van der Waals surface area contributed by atoms with Gasteiger partial charge in [-0.3, -0.25) is 10.1 Å². The van der Waals surface area contributed by atoms with Crippen LogP contribution in [0.25, 0.3) is 0 Å². The monoisotopic (exact) mass is 617 g/mol. The summed E-state index contributed by atoms with van der Waals surface area (Å²) in [5, 5.41) is 21.8. The lowest BCUT2D eigenvalue weighted by Crippen LogP contribution is -2.21. The van der Waals surface area contributed by atoms with E-state index < -0.39 is 16.8 Å². The van der Waals surface area contributed by atoms with Gasteiger partial charge >= 0.3 is 5.97 Å². The maximum absolute atomic E-state index is 12.6. The minimum absolute atomic E-state index is 0.101. The number of rotatable bonds is 8. The van der Waals surface area contributed by atoms with Crippen molar-refractivity contribution in [2.75, 3.05) is 7.11 Å². The number of nitrogens with zero attached hydrogens (tertiary/aromatic N) is 2. The summed E-state index contributed by atoms with van der Waals surface area (Å²) >= 11 is 12.3. The lowest BCUT2D eigenvalue weighted by atomic mass is 9.83. The molecule has 2 N–H and O–H groups in total. The molecule has 216 valence electrons. The number of allylic oxidation sites excluding steroid dienone is 1. The number of hydrogen-bond acceptors (Lipinski definition) is 9. The lowest BCUT2D eigenvalue weighted by Gasteiger charge is -2.27. The Bertz CT molecular complexity index is 1820. The smallest absolute Gasteiger partial charge is 0.343 e. The minimum Gasteiger partial charge on any atom is -0.493 e. The van der Waals surface area contributed by atoms with Crippen molar-refractivity contribution in [3.05, 3.63) is 133 Å². The van der Waals surface area contributed by atoms with Crippen LogP contribution in [0.3, 0.4) is 0 Å². The highest BCUT2D eigenvalue weighted by atomic mass is 35.5. The molecule has 1 aliphatic rings. The summed E-state index contributed by atoms with van der Waals surface area (Å²) in [6, 6.07) is 22.2. The van der Waals surface area contributed by atoms with Gasteiger partial charge in [0.05, 0.1) is 23.5 Å². The first-order valence-corrected chi connectivity index (χ1v) is 13.4. The third kappa shape index (κ3) is 6.18. The average molecular weight is 618 g/mol. The molecule has 12 heteroatoms. The molecule has 0 saturated heterocycles. The van der Waals surface area contributed by atoms with Crippen LogP contribution in [-0.2, 0) is 6.61 Å². The van der Waals surface area contributed by atoms with Gasteiger partial charge in [-0.2, -0.15) is 5.26 Å². The largest absolute Gasteiger partial charge is 0.493 e. The van der Waals surface area contributed by atoms with E-state index in [1.165, 1.54) is 37.4 Å². The maximum Gasteiger partial charge on any atom is 0.343 e. The summed E-state index contributed by atoms with van der Waals surface area (Å²) in [6.07, 6.45) is 0. The zero-order valence-corrected chi connectivity index (χ0v) is 23.9.